The van der Waals surface area contributed by atoms with Crippen LogP contribution in [0.5, 0.6) is 0 Å². The first kappa shape index (κ1) is 15.4. The van der Waals surface area contributed by atoms with E-state index >= 15 is 0 Å². The van der Waals surface area contributed by atoms with Crippen molar-refractivity contribution in [3.63, 3.8) is 0 Å². The maximum absolute atomic E-state index is 12.1. The van der Waals surface area contributed by atoms with E-state index in [2.05, 4.69) is 5.32 Å². The maximum atomic E-state index is 12.1. The van der Waals surface area contributed by atoms with E-state index in [-0.39, 0.29) is 11.9 Å². The van der Waals surface area contributed by atoms with Crippen LogP contribution in [0, 0.1) is 0 Å². The third-order valence-electron chi connectivity index (χ3n) is 2.85. The van der Waals surface area contributed by atoms with Crippen molar-refractivity contribution >= 4 is 15.7 Å². The first-order valence-corrected chi connectivity index (χ1v) is 7.98. The first-order chi connectivity index (χ1) is 8.12. The molecule has 0 radical (unpaired) electrons. The highest BCUT2D eigenvalue weighted by atomic mass is 32.2. The van der Waals surface area contributed by atoms with Gasteiger partial charge in [-0.15, -0.1) is 0 Å². The normalized spacial score (nSPS) is 22.8. The summed E-state index contributed by atoms with van der Waals surface area (Å²) < 4.78 is 29.5. The highest BCUT2D eigenvalue weighted by Gasteiger charge is 2.33. The Labute approximate surface area is 109 Å². The molecule has 1 N–H and O–H groups in total. The molecule has 0 aromatic heterocycles. The van der Waals surface area contributed by atoms with Gasteiger partial charge in [-0.05, 0) is 40.5 Å². The fraction of sp³-hybridized carbons (Fsp3) is 0.917. The molecule has 0 aromatic rings. The molecule has 0 aliphatic carbocycles. The van der Waals surface area contributed by atoms with E-state index in [9.17, 15) is 13.2 Å². The molecule has 1 rings (SSSR count). The van der Waals surface area contributed by atoms with Gasteiger partial charge in [-0.25, -0.2) is 8.42 Å². The van der Waals surface area contributed by atoms with Crippen LogP contribution < -0.4 is 5.32 Å². The van der Waals surface area contributed by atoms with Crippen LogP contribution >= 0.6 is 0 Å². The number of hydrogen-bond acceptors (Lipinski definition) is 4. The van der Waals surface area contributed by atoms with Crippen LogP contribution in [0.15, 0.2) is 0 Å². The number of nitrogens with one attached hydrogen (secondary N) is 1. The van der Waals surface area contributed by atoms with Crippen molar-refractivity contribution in [3.8, 4) is 0 Å². The van der Waals surface area contributed by atoms with Crippen molar-refractivity contribution in [2.24, 2.45) is 0 Å². The fourth-order valence-electron chi connectivity index (χ4n) is 1.81. The zero-order chi connectivity index (χ0) is 14.0. The van der Waals surface area contributed by atoms with Gasteiger partial charge in [-0.2, -0.15) is 0 Å². The summed E-state index contributed by atoms with van der Waals surface area (Å²) in [6, 6.07) is 0. The SMILES string of the molecule is CC(C(=O)NC(C)(C)C)S(=O)(=O)CC1CCCO1. The molecule has 6 heteroatoms. The zero-order valence-electron chi connectivity index (χ0n) is 11.5. The minimum Gasteiger partial charge on any atom is -0.377 e. The third-order valence-corrected chi connectivity index (χ3v) is 4.98. The van der Waals surface area contributed by atoms with Crippen molar-refractivity contribution in [1.29, 1.82) is 0 Å². The van der Waals surface area contributed by atoms with Gasteiger partial charge >= 0.3 is 0 Å². The number of carbonyl (C=O) groups excluding carboxylic acids is 1. The molecular formula is C12H23NO4S. The van der Waals surface area contributed by atoms with Crippen LogP contribution in [0.4, 0.5) is 0 Å². The van der Waals surface area contributed by atoms with E-state index < -0.39 is 26.5 Å². The summed E-state index contributed by atoms with van der Waals surface area (Å²) >= 11 is 0. The minimum absolute atomic E-state index is 0.0638. The standard InChI is InChI=1S/C12H23NO4S/c1-9(11(14)13-12(2,3)4)18(15,16)8-10-6-5-7-17-10/h9-10H,5-8H2,1-4H3,(H,13,14). The molecule has 0 saturated carbocycles. The molecule has 2 atom stereocenters. The monoisotopic (exact) mass is 277 g/mol. The van der Waals surface area contributed by atoms with Crippen LogP contribution in [0.3, 0.4) is 0 Å². The number of rotatable bonds is 4. The molecule has 2 unspecified atom stereocenters. The summed E-state index contributed by atoms with van der Waals surface area (Å²) in [6.45, 7) is 7.52. The van der Waals surface area contributed by atoms with Gasteiger partial charge in [-0.1, -0.05) is 0 Å². The molecule has 1 heterocycles. The van der Waals surface area contributed by atoms with E-state index in [1.165, 1.54) is 6.92 Å². The summed E-state index contributed by atoms with van der Waals surface area (Å²) in [7, 11) is -3.45. The smallest absolute Gasteiger partial charge is 0.238 e. The lowest BCUT2D eigenvalue weighted by Gasteiger charge is -2.23. The molecule has 1 amide bonds. The van der Waals surface area contributed by atoms with Crippen LogP contribution in [0.25, 0.3) is 0 Å². The second kappa shape index (κ2) is 5.57. The van der Waals surface area contributed by atoms with Gasteiger partial charge in [0.1, 0.15) is 5.25 Å². The van der Waals surface area contributed by atoms with E-state index in [1.807, 2.05) is 20.8 Å². The quantitative estimate of drug-likeness (QED) is 0.828. The number of hydrogen-bond donors (Lipinski definition) is 1. The van der Waals surface area contributed by atoms with E-state index in [0.29, 0.717) is 6.61 Å². The first-order valence-electron chi connectivity index (χ1n) is 6.27. The second-order valence-electron chi connectivity index (χ2n) is 5.85. The Hall–Kier alpha value is -0.620. The number of ether oxygens (including phenoxy) is 1. The molecule has 1 fully saturated rings. The van der Waals surface area contributed by atoms with Gasteiger partial charge in [0, 0.05) is 12.1 Å². The summed E-state index contributed by atoms with van der Waals surface area (Å²) in [5.74, 6) is -0.508. The predicted octanol–water partition coefficient (Wildman–Crippen LogP) is 0.883. The Morgan fingerprint density at radius 1 is 1.44 bits per heavy atom. The average molecular weight is 277 g/mol. The number of sulfone groups is 1. The van der Waals surface area contributed by atoms with E-state index in [0.717, 1.165) is 12.8 Å². The lowest BCUT2D eigenvalue weighted by atomic mass is 10.1. The zero-order valence-corrected chi connectivity index (χ0v) is 12.3. The van der Waals surface area contributed by atoms with E-state index in [1.54, 1.807) is 0 Å². The van der Waals surface area contributed by atoms with Crippen molar-refractivity contribution in [2.45, 2.75) is 57.4 Å². The van der Waals surface area contributed by atoms with Gasteiger partial charge in [0.2, 0.25) is 5.91 Å². The molecule has 0 bridgehead atoms. The van der Waals surface area contributed by atoms with Gasteiger partial charge in [0.05, 0.1) is 11.9 Å². The summed E-state index contributed by atoms with van der Waals surface area (Å²) in [4.78, 5) is 11.8. The topological polar surface area (TPSA) is 72.5 Å². The lowest BCUT2D eigenvalue weighted by Crippen LogP contribution is -2.48. The van der Waals surface area contributed by atoms with Gasteiger partial charge in [-0.3, -0.25) is 4.79 Å². The lowest BCUT2D eigenvalue weighted by molar-refractivity contribution is -0.121. The van der Waals surface area contributed by atoms with Crippen LogP contribution in [-0.4, -0.2) is 43.6 Å². The Kier molecular flexibility index (Phi) is 4.78. The van der Waals surface area contributed by atoms with Crippen LogP contribution in [-0.2, 0) is 19.4 Å². The van der Waals surface area contributed by atoms with Crippen LogP contribution in [0.2, 0.25) is 0 Å². The van der Waals surface area contributed by atoms with Crippen LogP contribution in [0.1, 0.15) is 40.5 Å². The molecular weight excluding hydrogens is 254 g/mol. The third kappa shape index (κ3) is 4.57. The predicted molar refractivity (Wildman–Crippen MR) is 70.1 cm³/mol. The highest BCUT2D eigenvalue weighted by Crippen LogP contribution is 2.16. The molecule has 5 nitrogen and oxygen atoms in total. The highest BCUT2D eigenvalue weighted by molar-refractivity contribution is 7.92. The molecule has 0 spiro atoms. The fourth-order valence-corrected chi connectivity index (χ4v) is 3.27. The maximum Gasteiger partial charge on any atom is 0.238 e. The Balaban J connectivity index is 2.63. The van der Waals surface area contributed by atoms with Gasteiger partial charge in [0.15, 0.2) is 9.84 Å². The molecule has 0 aromatic carbocycles. The summed E-state index contributed by atoms with van der Waals surface area (Å²) in [5, 5.41) is 1.66. The summed E-state index contributed by atoms with van der Waals surface area (Å²) in [6.07, 6.45) is 1.40. The van der Waals surface area contributed by atoms with Gasteiger partial charge in [0.25, 0.3) is 0 Å². The van der Waals surface area contributed by atoms with Crippen molar-refractivity contribution in [2.75, 3.05) is 12.4 Å². The van der Waals surface area contributed by atoms with E-state index in [4.69, 9.17) is 4.74 Å². The Bertz CT molecular complexity index is 391. The number of amides is 1. The Morgan fingerprint density at radius 3 is 2.50 bits per heavy atom. The molecule has 18 heavy (non-hydrogen) atoms. The Morgan fingerprint density at radius 2 is 2.06 bits per heavy atom. The molecule has 1 aliphatic heterocycles. The molecule has 106 valence electrons. The van der Waals surface area contributed by atoms with Gasteiger partial charge < -0.3 is 10.1 Å². The van der Waals surface area contributed by atoms with Crippen molar-refractivity contribution in [1.82, 2.24) is 5.32 Å². The largest absolute Gasteiger partial charge is 0.377 e. The molecule has 1 aliphatic rings. The average Bonchev–Trinajstić information content (AvgIpc) is 2.65. The summed E-state index contributed by atoms with van der Waals surface area (Å²) in [5.41, 5.74) is -0.426. The minimum atomic E-state index is -3.45. The number of carbonyl (C=O) groups is 1. The van der Waals surface area contributed by atoms with Crippen molar-refractivity contribution in [3.05, 3.63) is 0 Å². The second-order valence-corrected chi connectivity index (χ2v) is 8.21. The van der Waals surface area contributed by atoms with Crippen molar-refractivity contribution < 1.29 is 17.9 Å². The molecule has 1 saturated heterocycles.